The highest BCUT2D eigenvalue weighted by Crippen LogP contribution is 2.32. The monoisotopic (exact) mass is 419 g/mol. The van der Waals surface area contributed by atoms with E-state index in [1.807, 2.05) is 6.92 Å². The topological polar surface area (TPSA) is 65.2 Å². The van der Waals surface area contributed by atoms with Gasteiger partial charge >= 0.3 is 0 Å². The predicted octanol–water partition coefficient (Wildman–Crippen LogP) is 4.45. The lowest BCUT2D eigenvalue weighted by molar-refractivity contribution is 0.0931. The zero-order valence-electron chi connectivity index (χ0n) is 17.1. The van der Waals surface area contributed by atoms with Gasteiger partial charge in [0.05, 0.1) is 6.04 Å². The van der Waals surface area contributed by atoms with Gasteiger partial charge in [-0.2, -0.15) is 0 Å². The van der Waals surface area contributed by atoms with Crippen molar-refractivity contribution >= 4 is 23.3 Å². The number of aryl methyl sites for hydroxylation is 1. The van der Waals surface area contributed by atoms with Gasteiger partial charge in [0.1, 0.15) is 11.5 Å². The first-order valence-electron chi connectivity index (χ1n) is 10.0. The summed E-state index contributed by atoms with van der Waals surface area (Å²) < 4.78 is 14.6. The minimum absolute atomic E-state index is 0.0669. The molecule has 0 bridgehead atoms. The van der Waals surface area contributed by atoms with Crippen molar-refractivity contribution in [1.29, 1.82) is 0 Å². The second-order valence-corrected chi connectivity index (χ2v) is 7.90. The Morgan fingerprint density at radius 2 is 2.00 bits per heavy atom. The number of Topliss-reactive ketones (excluding diaryl/α,β-unsaturated/α-hetero) is 1. The van der Waals surface area contributed by atoms with Crippen molar-refractivity contribution in [2.45, 2.75) is 46.1 Å². The Morgan fingerprint density at radius 1 is 1.31 bits per heavy atom. The minimum atomic E-state index is -0.368. The lowest BCUT2D eigenvalue weighted by atomic mass is 10.0. The number of aromatic nitrogens is 1. The lowest BCUT2D eigenvalue weighted by Gasteiger charge is -2.29. The van der Waals surface area contributed by atoms with Crippen LogP contribution in [0.5, 0.6) is 0 Å². The second-order valence-electron chi connectivity index (χ2n) is 7.49. The maximum atomic E-state index is 14.6. The van der Waals surface area contributed by atoms with Crippen molar-refractivity contribution in [3.8, 4) is 0 Å². The van der Waals surface area contributed by atoms with Gasteiger partial charge in [-0.1, -0.05) is 24.6 Å². The third kappa shape index (κ3) is 4.38. The number of hydrogen-bond donors (Lipinski definition) is 2. The van der Waals surface area contributed by atoms with Gasteiger partial charge in [0.15, 0.2) is 5.78 Å². The maximum absolute atomic E-state index is 14.6. The third-order valence-electron chi connectivity index (χ3n) is 5.59. The summed E-state index contributed by atoms with van der Waals surface area (Å²) in [6, 6.07) is 4.31. The highest BCUT2D eigenvalue weighted by Gasteiger charge is 2.29. The number of carbonyl (C=O) groups is 2. The third-order valence-corrected chi connectivity index (χ3v) is 5.92. The Labute approximate surface area is 175 Å². The molecule has 0 spiro atoms. The van der Waals surface area contributed by atoms with E-state index in [0.29, 0.717) is 39.5 Å². The van der Waals surface area contributed by atoms with E-state index in [0.717, 1.165) is 25.9 Å². The summed E-state index contributed by atoms with van der Waals surface area (Å²) in [5.41, 5.74) is 2.79. The summed E-state index contributed by atoms with van der Waals surface area (Å²) in [5.74, 6) is -0.732. The number of amides is 1. The molecule has 0 aliphatic carbocycles. The van der Waals surface area contributed by atoms with E-state index < -0.39 is 0 Å². The summed E-state index contributed by atoms with van der Waals surface area (Å²) in [6.07, 6.45) is 2.64. The van der Waals surface area contributed by atoms with Crippen molar-refractivity contribution in [3.05, 3.63) is 57.1 Å². The Balaban J connectivity index is 1.86. The summed E-state index contributed by atoms with van der Waals surface area (Å²) in [7, 11) is 0. The molecule has 1 fully saturated rings. The van der Waals surface area contributed by atoms with Crippen molar-refractivity contribution < 1.29 is 14.0 Å². The number of ketones is 1. The van der Waals surface area contributed by atoms with Crippen molar-refractivity contribution in [3.63, 3.8) is 0 Å². The highest BCUT2D eigenvalue weighted by molar-refractivity contribution is 6.31. The van der Waals surface area contributed by atoms with Crippen LogP contribution >= 0.6 is 11.6 Å². The molecule has 1 saturated heterocycles. The number of halogens is 2. The van der Waals surface area contributed by atoms with Crippen LogP contribution in [0.3, 0.4) is 0 Å². The van der Waals surface area contributed by atoms with Gasteiger partial charge in [0.25, 0.3) is 5.91 Å². The fraction of sp³-hybridized carbons (Fsp3) is 0.455. The fourth-order valence-corrected chi connectivity index (χ4v) is 4.56. The molecule has 0 radical (unpaired) electrons. The SMILES string of the molecule is CCc1c(C(=O)NCC(c2c(F)cccc2Cl)N2CCCC2)[nH]c(C)c1C(C)=O. The molecule has 1 unspecified atom stereocenters. The Morgan fingerprint density at radius 3 is 2.59 bits per heavy atom. The first-order chi connectivity index (χ1) is 13.8. The number of benzene rings is 1. The van der Waals surface area contributed by atoms with Crippen LogP contribution in [0.25, 0.3) is 0 Å². The van der Waals surface area contributed by atoms with Crippen molar-refractivity contribution in [2.75, 3.05) is 19.6 Å². The van der Waals surface area contributed by atoms with Crippen LogP contribution in [-0.2, 0) is 6.42 Å². The largest absolute Gasteiger partial charge is 0.354 e. The van der Waals surface area contributed by atoms with Crippen LogP contribution in [-0.4, -0.2) is 41.2 Å². The van der Waals surface area contributed by atoms with Crippen LogP contribution in [0.4, 0.5) is 4.39 Å². The molecule has 1 aromatic heterocycles. The van der Waals surface area contributed by atoms with Gasteiger partial charge in [0.2, 0.25) is 0 Å². The molecule has 7 heteroatoms. The van der Waals surface area contributed by atoms with Gasteiger partial charge in [-0.05, 0) is 63.9 Å². The molecule has 1 aliphatic rings. The lowest BCUT2D eigenvalue weighted by Crippen LogP contribution is -2.37. The smallest absolute Gasteiger partial charge is 0.268 e. The van der Waals surface area contributed by atoms with E-state index in [4.69, 9.17) is 11.6 Å². The molecule has 1 aliphatic heterocycles. The van der Waals surface area contributed by atoms with E-state index in [1.54, 1.807) is 19.1 Å². The van der Waals surface area contributed by atoms with E-state index in [-0.39, 0.29) is 30.1 Å². The summed E-state index contributed by atoms with van der Waals surface area (Å²) >= 11 is 6.32. The van der Waals surface area contributed by atoms with E-state index >= 15 is 0 Å². The van der Waals surface area contributed by atoms with E-state index in [2.05, 4.69) is 15.2 Å². The average molecular weight is 420 g/mol. The molecule has 0 saturated carbocycles. The summed E-state index contributed by atoms with van der Waals surface area (Å²) in [6.45, 7) is 7.11. The Kier molecular flexibility index (Phi) is 6.75. The molecule has 1 atom stereocenters. The normalized spacial score (nSPS) is 15.5. The number of nitrogens with one attached hydrogen (secondary N) is 2. The second kappa shape index (κ2) is 9.09. The average Bonchev–Trinajstić information content (AvgIpc) is 3.31. The van der Waals surface area contributed by atoms with Crippen LogP contribution in [0.1, 0.15) is 70.4 Å². The number of aromatic amines is 1. The molecular weight excluding hydrogens is 393 g/mol. The molecule has 156 valence electrons. The predicted molar refractivity (Wildman–Crippen MR) is 112 cm³/mol. The fourth-order valence-electron chi connectivity index (χ4n) is 4.27. The van der Waals surface area contributed by atoms with Crippen LogP contribution in [0.15, 0.2) is 18.2 Å². The zero-order chi connectivity index (χ0) is 21.1. The van der Waals surface area contributed by atoms with Gasteiger partial charge in [-0.3, -0.25) is 14.5 Å². The molecule has 1 aromatic carbocycles. The Bertz CT molecular complexity index is 899. The van der Waals surface area contributed by atoms with Crippen LogP contribution in [0.2, 0.25) is 5.02 Å². The Hall–Kier alpha value is -2.18. The molecule has 3 rings (SSSR count). The quantitative estimate of drug-likeness (QED) is 0.652. The maximum Gasteiger partial charge on any atom is 0.268 e. The number of H-pyrrole nitrogens is 1. The minimum Gasteiger partial charge on any atom is -0.354 e. The number of rotatable bonds is 7. The number of likely N-dealkylation sites (tertiary alicyclic amines) is 1. The first kappa shape index (κ1) is 21.5. The molecule has 5 nitrogen and oxygen atoms in total. The van der Waals surface area contributed by atoms with Gasteiger partial charge in [0, 0.05) is 28.4 Å². The molecular formula is C22H27ClFN3O2. The highest BCUT2D eigenvalue weighted by atomic mass is 35.5. The van der Waals surface area contributed by atoms with Gasteiger partial charge < -0.3 is 10.3 Å². The molecule has 1 amide bonds. The van der Waals surface area contributed by atoms with Crippen LogP contribution in [0, 0.1) is 12.7 Å². The number of nitrogens with zero attached hydrogens (tertiary/aromatic N) is 1. The molecule has 2 N–H and O–H groups in total. The van der Waals surface area contributed by atoms with Crippen molar-refractivity contribution in [2.24, 2.45) is 0 Å². The molecule has 29 heavy (non-hydrogen) atoms. The first-order valence-corrected chi connectivity index (χ1v) is 10.4. The van der Waals surface area contributed by atoms with E-state index in [1.165, 1.54) is 13.0 Å². The number of carbonyl (C=O) groups excluding carboxylic acids is 2. The standard InChI is InChI=1S/C22H27ClFN3O2/c1-4-15-19(14(3)28)13(2)26-21(15)22(29)25-12-18(27-10-5-6-11-27)20-16(23)8-7-9-17(20)24/h7-9,18,26H,4-6,10-12H2,1-3H3,(H,25,29). The van der Waals surface area contributed by atoms with Gasteiger partial charge in [-0.25, -0.2) is 4.39 Å². The van der Waals surface area contributed by atoms with Crippen molar-refractivity contribution in [1.82, 2.24) is 15.2 Å². The zero-order valence-corrected chi connectivity index (χ0v) is 17.8. The summed E-state index contributed by atoms with van der Waals surface area (Å²) in [4.78, 5) is 30.1. The van der Waals surface area contributed by atoms with Crippen LogP contribution < -0.4 is 5.32 Å². The van der Waals surface area contributed by atoms with Gasteiger partial charge in [-0.15, -0.1) is 0 Å². The number of hydrogen-bond acceptors (Lipinski definition) is 3. The molecule has 2 aromatic rings. The molecule has 2 heterocycles. The summed E-state index contributed by atoms with van der Waals surface area (Å²) in [5, 5.41) is 3.30. The van der Waals surface area contributed by atoms with E-state index in [9.17, 15) is 14.0 Å².